The number of hydrogen-bond acceptors (Lipinski definition) is 5. The van der Waals surface area contributed by atoms with E-state index in [1.54, 1.807) is 32.4 Å². The predicted octanol–water partition coefficient (Wildman–Crippen LogP) is 4.16. The number of ether oxygens (including phenoxy) is 2. The molecule has 1 heterocycles. The van der Waals surface area contributed by atoms with Gasteiger partial charge in [-0.2, -0.15) is 5.26 Å². The number of amides is 1. The van der Waals surface area contributed by atoms with Gasteiger partial charge in [-0.15, -0.1) is 11.3 Å². The maximum Gasteiger partial charge on any atom is 0.256 e. The van der Waals surface area contributed by atoms with E-state index >= 15 is 0 Å². The molecule has 0 saturated carbocycles. The highest BCUT2D eigenvalue weighted by atomic mass is 32.1. The largest absolute Gasteiger partial charge is 0.497 e. The Bertz CT molecular complexity index is 814. The van der Waals surface area contributed by atoms with E-state index in [-0.39, 0.29) is 5.91 Å². The fraction of sp³-hybridized carbons (Fsp3) is 0.368. The number of carbonyl (C=O) groups excluding carboxylic acids is 1. The van der Waals surface area contributed by atoms with Crippen LogP contribution in [0.2, 0.25) is 0 Å². The van der Waals surface area contributed by atoms with Crippen LogP contribution in [-0.4, -0.2) is 20.1 Å². The molecule has 130 valence electrons. The SMILES string of the molecule is COc1cc(OC)cc(C(=O)Nc2sc3c(c2C#N)CCCCC3)c1. The summed E-state index contributed by atoms with van der Waals surface area (Å²) < 4.78 is 10.4. The van der Waals surface area contributed by atoms with Crippen LogP contribution >= 0.6 is 11.3 Å². The highest BCUT2D eigenvalue weighted by molar-refractivity contribution is 7.16. The van der Waals surface area contributed by atoms with Crippen molar-refractivity contribution in [3.8, 4) is 17.6 Å². The van der Waals surface area contributed by atoms with Crippen molar-refractivity contribution in [1.29, 1.82) is 5.26 Å². The van der Waals surface area contributed by atoms with Crippen molar-refractivity contribution in [3.05, 3.63) is 39.8 Å². The van der Waals surface area contributed by atoms with Gasteiger partial charge in [0.15, 0.2) is 0 Å². The molecule has 0 atom stereocenters. The average molecular weight is 356 g/mol. The van der Waals surface area contributed by atoms with E-state index in [1.165, 1.54) is 22.6 Å². The Morgan fingerprint density at radius 1 is 1.12 bits per heavy atom. The van der Waals surface area contributed by atoms with E-state index in [0.717, 1.165) is 31.2 Å². The first kappa shape index (κ1) is 17.3. The molecule has 1 aliphatic carbocycles. The third-order valence-electron chi connectivity index (χ3n) is 4.37. The number of hydrogen-bond donors (Lipinski definition) is 1. The summed E-state index contributed by atoms with van der Waals surface area (Å²) in [7, 11) is 3.08. The molecule has 0 saturated heterocycles. The van der Waals surface area contributed by atoms with Gasteiger partial charge in [-0.25, -0.2) is 0 Å². The van der Waals surface area contributed by atoms with E-state index in [1.807, 2.05) is 0 Å². The molecule has 1 aromatic heterocycles. The van der Waals surface area contributed by atoms with Gasteiger partial charge in [0.05, 0.1) is 19.8 Å². The van der Waals surface area contributed by atoms with Gasteiger partial charge in [-0.1, -0.05) is 6.42 Å². The molecule has 3 rings (SSSR count). The van der Waals surface area contributed by atoms with Crippen molar-refractivity contribution in [2.45, 2.75) is 32.1 Å². The Hall–Kier alpha value is -2.52. The first-order valence-corrected chi connectivity index (χ1v) is 9.07. The third kappa shape index (κ3) is 3.62. The van der Waals surface area contributed by atoms with Crippen molar-refractivity contribution in [3.63, 3.8) is 0 Å². The monoisotopic (exact) mass is 356 g/mol. The lowest BCUT2D eigenvalue weighted by molar-refractivity contribution is 0.102. The van der Waals surface area contributed by atoms with Gasteiger partial charge in [0.2, 0.25) is 0 Å². The van der Waals surface area contributed by atoms with Crippen LogP contribution in [0.5, 0.6) is 11.5 Å². The standard InChI is InChI=1S/C19H20N2O3S/c1-23-13-8-12(9-14(10-13)24-2)18(22)21-19-16(11-20)15-6-4-3-5-7-17(15)25-19/h8-10H,3-7H2,1-2H3,(H,21,22). The third-order valence-corrected chi connectivity index (χ3v) is 5.58. The van der Waals surface area contributed by atoms with Crippen molar-refractivity contribution in [1.82, 2.24) is 0 Å². The molecule has 1 aliphatic rings. The molecule has 2 aromatic rings. The topological polar surface area (TPSA) is 71.3 Å². The molecule has 0 radical (unpaired) electrons. The number of thiophene rings is 1. The lowest BCUT2D eigenvalue weighted by atomic mass is 10.1. The summed E-state index contributed by atoms with van der Waals surface area (Å²) in [6, 6.07) is 7.30. The second-order valence-corrected chi connectivity index (χ2v) is 7.04. The fourth-order valence-electron chi connectivity index (χ4n) is 3.06. The summed E-state index contributed by atoms with van der Waals surface area (Å²) in [5.41, 5.74) is 2.16. The van der Waals surface area contributed by atoms with Crippen LogP contribution in [0.25, 0.3) is 0 Å². The Balaban J connectivity index is 1.90. The van der Waals surface area contributed by atoms with Crippen molar-refractivity contribution < 1.29 is 14.3 Å². The number of anilines is 1. The van der Waals surface area contributed by atoms with Crippen molar-refractivity contribution in [2.24, 2.45) is 0 Å². The van der Waals surface area contributed by atoms with Gasteiger partial charge in [-0.3, -0.25) is 4.79 Å². The lowest BCUT2D eigenvalue weighted by Crippen LogP contribution is -2.12. The molecule has 25 heavy (non-hydrogen) atoms. The number of fused-ring (bicyclic) bond motifs is 1. The van der Waals surface area contributed by atoms with E-state index in [9.17, 15) is 10.1 Å². The van der Waals surface area contributed by atoms with Gasteiger partial charge in [0, 0.05) is 16.5 Å². The molecule has 5 nitrogen and oxygen atoms in total. The molecule has 0 bridgehead atoms. The molecule has 1 aromatic carbocycles. The molecule has 0 unspecified atom stereocenters. The van der Waals surface area contributed by atoms with Gasteiger partial charge in [-0.05, 0) is 43.4 Å². The molecular formula is C19H20N2O3S. The van der Waals surface area contributed by atoms with E-state index in [0.29, 0.717) is 27.6 Å². The number of nitrogens with one attached hydrogen (secondary N) is 1. The maximum absolute atomic E-state index is 12.7. The molecule has 0 spiro atoms. The van der Waals surface area contributed by atoms with Gasteiger partial charge >= 0.3 is 0 Å². The van der Waals surface area contributed by atoms with Crippen LogP contribution in [0.3, 0.4) is 0 Å². The Morgan fingerprint density at radius 3 is 2.44 bits per heavy atom. The minimum atomic E-state index is -0.273. The van der Waals surface area contributed by atoms with Gasteiger partial charge in [0.1, 0.15) is 22.6 Å². The summed E-state index contributed by atoms with van der Waals surface area (Å²) in [4.78, 5) is 13.9. The quantitative estimate of drug-likeness (QED) is 0.835. The minimum Gasteiger partial charge on any atom is -0.497 e. The van der Waals surface area contributed by atoms with Crippen molar-refractivity contribution in [2.75, 3.05) is 19.5 Å². The van der Waals surface area contributed by atoms with E-state index < -0.39 is 0 Å². The van der Waals surface area contributed by atoms with Crippen LogP contribution in [0.1, 0.15) is 45.6 Å². The molecule has 1 amide bonds. The maximum atomic E-state index is 12.7. The number of nitrogens with zero attached hydrogens (tertiary/aromatic N) is 1. The van der Waals surface area contributed by atoms with Crippen LogP contribution in [0.4, 0.5) is 5.00 Å². The first-order chi connectivity index (χ1) is 12.2. The summed E-state index contributed by atoms with van der Waals surface area (Å²) in [6.07, 6.45) is 5.32. The number of nitriles is 1. The van der Waals surface area contributed by atoms with E-state index in [4.69, 9.17) is 9.47 Å². The first-order valence-electron chi connectivity index (χ1n) is 8.25. The van der Waals surface area contributed by atoms with Crippen LogP contribution < -0.4 is 14.8 Å². The smallest absolute Gasteiger partial charge is 0.256 e. The number of benzene rings is 1. The van der Waals surface area contributed by atoms with Gasteiger partial charge < -0.3 is 14.8 Å². The zero-order valence-corrected chi connectivity index (χ0v) is 15.2. The fourth-order valence-corrected chi connectivity index (χ4v) is 4.30. The lowest BCUT2D eigenvalue weighted by Gasteiger charge is -2.09. The Morgan fingerprint density at radius 2 is 1.80 bits per heavy atom. The summed E-state index contributed by atoms with van der Waals surface area (Å²) in [5, 5.41) is 13.1. The number of methoxy groups -OCH3 is 2. The zero-order chi connectivity index (χ0) is 17.8. The number of carbonyl (C=O) groups is 1. The number of rotatable bonds is 4. The van der Waals surface area contributed by atoms with Crippen LogP contribution in [0.15, 0.2) is 18.2 Å². The van der Waals surface area contributed by atoms with Crippen LogP contribution in [0, 0.1) is 11.3 Å². The molecular weight excluding hydrogens is 336 g/mol. The summed E-state index contributed by atoms with van der Waals surface area (Å²) in [5.74, 6) is 0.823. The predicted molar refractivity (Wildman–Crippen MR) is 97.8 cm³/mol. The molecule has 0 aliphatic heterocycles. The molecule has 0 fully saturated rings. The Kier molecular flexibility index (Phi) is 5.25. The summed E-state index contributed by atoms with van der Waals surface area (Å²) in [6.45, 7) is 0. The second-order valence-electron chi connectivity index (χ2n) is 5.94. The second kappa shape index (κ2) is 7.58. The Labute approximate surface area is 151 Å². The average Bonchev–Trinajstić information content (AvgIpc) is 2.80. The molecule has 1 N–H and O–H groups in total. The number of aryl methyl sites for hydroxylation is 1. The normalized spacial score (nSPS) is 13.3. The zero-order valence-electron chi connectivity index (χ0n) is 14.3. The highest BCUT2D eigenvalue weighted by Crippen LogP contribution is 2.37. The van der Waals surface area contributed by atoms with Crippen LogP contribution in [-0.2, 0) is 12.8 Å². The minimum absolute atomic E-state index is 0.273. The molecule has 6 heteroatoms. The van der Waals surface area contributed by atoms with E-state index in [2.05, 4.69) is 11.4 Å². The highest BCUT2D eigenvalue weighted by Gasteiger charge is 2.21. The van der Waals surface area contributed by atoms with Gasteiger partial charge in [0.25, 0.3) is 5.91 Å². The van der Waals surface area contributed by atoms with Crippen molar-refractivity contribution >= 4 is 22.2 Å². The summed E-state index contributed by atoms with van der Waals surface area (Å²) >= 11 is 1.53.